The Hall–Kier alpha value is -2.13. The molecule has 1 saturated heterocycles. The first kappa shape index (κ1) is 25.5. The zero-order valence-electron chi connectivity index (χ0n) is 17.9. The van der Waals surface area contributed by atoms with Crippen LogP contribution < -0.4 is 11.1 Å². The van der Waals surface area contributed by atoms with Crippen molar-refractivity contribution in [3.8, 4) is 0 Å². The van der Waals surface area contributed by atoms with Gasteiger partial charge >= 0.3 is 11.9 Å². The van der Waals surface area contributed by atoms with Crippen LogP contribution in [0.5, 0.6) is 0 Å². The van der Waals surface area contributed by atoms with E-state index >= 15 is 0 Å². The molecule has 5 N–H and O–H groups in total. The molecule has 3 rings (SSSR count). The third-order valence-corrected chi connectivity index (χ3v) is 8.76. The van der Waals surface area contributed by atoms with Crippen LogP contribution in [0.1, 0.15) is 25.0 Å². The van der Waals surface area contributed by atoms with Crippen molar-refractivity contribution in [2.24, 2.45) is 5.73 Å². The van der Waals surface area contributed by atoms with Crippen molar-refractivity contribution in [2.45, 2.75) is 47.7 Å². The summed E-state index contributed by atoms with van der Waals surface area (Å²) in [5, 5.41) is 22.4. The number of nitrogens with zero attached hydrogens (tertiary/aromatic N) is 2. The summed E-state index contributed by atoms with van der Waals surface area (Å²) in [7, 11) is 1.27. The quantitative estimate of drug-likeness (QED) is 0.186. The number of fused-ring (bicyclic) bond motifs is 1. The van der Waals surface area contributed by atoms with E-state index in [1.54, 1.807) is 0 Å². The molecule has 0 spiro atoms. The lowest BCUT2D eigenvalue weighted by atomic mass is 9.98. The molecule has 1 fully saturated rings. The molecule has 3 heterocycles. The summed E-state index contributed by atoms with van der Waals surface area (Å²) < 4.78 is 6.21. The minimum absolute atomic E-state index is 0.0481. The topological polar surface area (TPSA) is 172 Å². The van der Waals surface area contributed by atoms with Crippen molar-refractivity contribution >= 4 is 58.6 Å². The molecule has 0 aromatic carbocycles. The molecule has 1 aromatic heterocycles. The minimum Gasteiger partial charge on any atom is -0.480 e. The van der Waals surface area contributed by atoms with Gasteiger partial charge in [0.25, 0.3) is 11.6 Å². The molecule has 3 atom stereocenters. The second-order valence-corrected chi connectivity index (χ2v) is 10.6. The first-order chi connectivity index (χ1) is 15.6. The molecule has 0 bridgehead atoms. The number of hydrogen-bond acceptors (Lipinski definition) is 10. The number of carbonyl (C=O) groups excluding carboxylic acids is 2. The maximum absolute atomic E-state index is 13.1. The Morgan fingerprint density at radius 2 is 2.18 bits per heavy atom. The molecule has 2 amide bonds. The van der Waals surface area contributed by atoms with Crippen LogP contribution >= 0.6 is 34.9 Å². The van der Waals surface area contributed by atoms with E-state index in [0.29, 0.717) is 17.1 Å². The molecule has 0 saturated carbocycles. The van der Waals surface area contributed by atoms with Gasteiger partial charge in [-0.15, -0.1) is 23.1 Å². The molecular formula is C19H24N4O7S3. The summed E-state index contributed by atoms with van der Waals surface area (Å²) >= 11 is 4.19. The van der Waals surface area contributed by atoms with Crippen LogP contribution in [-0.4, -0.2) is 79.6 Å². The Morgan fingerprint density at radius 1 is 1.45 bits per heavy atom. The van der Waals surface area contributed by atoms with E-state index in [1.807, 2.05) is 12.3 Å². The summed E-state index contributed by atoms with van der Waals surface area (Å²) in [4.78, 5) is 53.8. The van der Waals surface area contributed by atoms with Crippen molar-refractivity contribution in [3.05, 3.63) is 22.3 Å². The van der Waals surface area contributed by atoms with Gasteiger partial charge in [0.2, 0.25) is 5.91 Å². The summed E-state index contributed by atoms with van der Waals surface area (Å²) in [6, 6.07) is -1.07. The maximum atomic E-state index is 13.1. The highest BCUT2D eigenvalue weighted by Crippen LogP contribution is 2.47. The van der Waals surface area contributed by atoms with Crippen LogP contribution in [0.15, 0.2) is 21.0 Å². The highest BCUT2D eigenvalue weighted by Gasteiger charge is 2.66. The lowest BCUT2D eigenvalue weighted by Crippen LogP contribution is -2.80. The van der Waals surface area contributed by atoms with Gasteiger partial charge in [-0.05, 0) is 25.3 Å². The Morgan fingerprint density at radius 3 is 2.76 bits per heavy atom. The fraction of sp³-hybridized carbons (Fsp3) is 0.526. The van der Waals surface area contributed by atoms with Gasteiger partial charge < -0.3 is 26.0 Å². The Kier molecular flexibility index (Phi) is 8.05. The fourth-order valence-electron chi connectivity index (χ4n) is 3.48. The number of carboxylic acids is 2. The molecule has 1 aromatic rings. The van der Waals surface area contributed by atoms with Gasteiger partial charge in [0.15, 0.2) is 0 Å². The van der Waals surface area contributed by atoms with Crippen LogP contribution in [-0.2, 0) is 23.9 Å². The standard InChI is InChI=1S/C19H24N4O7S3/c1-9-6-32-18(21-9)33-8-10-7-31-17-19(30-2,16(29)23(17)13(10)15(27)28)22-12(24)5-3-4-11(20)14(25)26/h6,11,17H,3-5,7-8,20H2,1-2H3,(H,22,24)(H,25,26)(H,27,28)/t11?,17-,19-/m0/s1. The monoisotopic (exact) mass is 516 g/mol. The van der Waals surface area contributed by atoms with Gasteiger partial charge in [0, 0.05) is 36.1 Å². The predicted molar refractivity (Wildman–Crippen MR) is 123 cm³/mol. The Balaban J connectivity index is 1.69. The predicted octanol–water partition coefficient (Wildman–Crippen LogP) is 0.839. The van der Waals surface area contributed by atoms with Crippen molar-refractivity contribution in [1.29, 1.82) is 0 Å². The van der Waals surface area contributed by atoms with Crippen molar-refractivity contribution in [3.63, 3.8) is 0 Å². The zero-order chi connectivity index (χ0) is 24.3. The van der Waals surface area contributed by atoms with Gasteiger partial charge in [-0.2, -0.15) is 0 Å². The Bertz CT molecular complexity index is 998. The number of nitrogens with one attached hydrogen (secondary N) is 1. The molecule has 1 unspecified atom stereocenters. The number of thioether (sulfide) groups is 2. The molecule has 0 aliphatic carbocycles. The third-order valence-electron chi connectivity index (χ3n) is 5.16. The minimum atomic E-state index is -1.68. The van der Waals surface area contributed by atoms with Gasteiger partial charge in [0.1, 0.15) is 21.5 Å². The summed E-state index contributed by atoms with van der Waals surface area (Å²) in [6.07, 6.45) is 0.271. The number of methoxy groups -OCH3 is 1. The zero-order valence-corrected chi connectivity index (χ0v) is 20.3. The summed E-state index contributed by atoms with van der Waals surface area (Å²) in [5.74, 6) is -2.83. The van der Waals surface area contributed by atoms with E-state index in [-0.39, 0.29) is 25.0 Å². The second-order valence-electron chi connectivity index (χ2n) is 7.46. The van der Waals surface area contributed by atoms with E-state index in [2.05, 4.69) is 10.3 Å². The number of carboxylic acid groups (broad SMARTS) is 2. The molecule has 14 heteroatoms. The number of aryl methyl sites for hydroxylation is 1. The highest BCUT2D eigenvalue weighted by molar-refractivity contribution is 8.01. The Labute approximate surface area is 202 Å². The first-order valence-corrected chi connectivity index (χ1v) is 12.8. The number of aliphatic carboxylic acids is 2. The van der Waals surface area contributed by atoms with Gasteiger partial charge in [0.05, 0.1) is 0 Å². The summed E-state index contributed by atoms with van der Waals surface area (Å²) in [5.41, 5.74) is 5.14. The molecule has 0 radical (unpaired) electrons. The number of rotatable bonds is 11. The van der Waals surface area contributed by atoms with Crippen molar-refractivity contribution < 1.29 is 34.1 Å². The lowest BCUT2D eigenvalue weighted by molar-refractivity contribution is -0.192. The normalized spacial score (nSPS) is 23.1. The largest absolute Gasteiger partial charge is 0.480 e. The van der Waals surface area contributed by atoms with Gasteiger partial charge in [-0.1, -0.05) is 11.8 Å². The molecular weight excluding hydrogens is 492 g/mol. The fourth-order valence-corrected chi connectivity index (χ4v) is 6.90. The lowest BCUT2D eigenvalue weighted by Gasteiger charge is -2.55. The molecule has 33 heavy (non-hydrogen) atoms. The molecule has 2 aliphatic heterocycles. The number of aromatic nitrogens is 1. The molecule has 11 nitrogen and oxygen atoms in total. The van der Waals surface area contributed by atoms with Crippen LogP contribution in [0.2, 0.25) is 0 Å². The second kappa shape index (κ2) is 10.4. The van der Waals surface area contributed by atoms with Crippen molar-refractivity contribution in [1.82, 2.24) is 15.2 Å². The number of hydrogen-bond donors (Lipinski definition) is 4. The molecule has 2 aliphatic rings. The first-order valence-electron chi connectivity index (χ1n) is 9.90. The number of carbonyl (C=O) groups is 4. The van der Waals surface area contributed by atoms with Gasteiger partial charge in [-0.25, -0.2) is 9.78 Å². The number of nitrogens with two attached hydrogens (primary N) is 1. The number of ether oxygens (including phenoxy) is 1. The van der Waals surface area contributed by atoms with E-state index in [1.165, 1.54) is 42.0 Å². The maximum Gasteiger partial charge on any atom is 0.352 e. The van der Waals surface area contributed by atoms with Crippen molar-refractivity contribution in [2.75, 3.05) is 18.6 Å². The van der Waals surface area contributed by atoms with E-state index in [9.17, 15) is 24.3 Å². The SMILES string of the molecule is CO[C@@]1(NC(=O)CCCC(N)C(=O)O)C(=O)N2C(C(=O)O)=C(CSc3nc(C)cs3)CS[C@H]21. The molecule has 180 valence electrons. The van der Waals surface area contributed by atoms with E-state index in [0.717, 1.165) is 14.9 Å². The average Bonchev–Trinajstić information content (AvgIpc) is 3.19. The van der Waals surface area contributed by atoms with E-state index < -0.39 is 40.9 Å². The smallest absolute Gasteiger partial charge is 0.352 e. The number of β-lactam (4-membered cyclic amide) rings is 1. The number of thiazole rings is 1. The summed E-state index contributed by atoms with van der Waals surface area (Å²) in [6.45, 7) is 1.88. The highest BCUT2D eigenvalue weighted by atomic mass is 32.2. The van der Waals surface area contributed by atoms with E-state index in [4.69, 9.17) is 15.6 Å². The van der Waals surface area contributed by atoms with Crippen LogP contribution in [0, 0.1) is 6.92 Å². The van der Waals surface area contributed by atoms with Crippen LogP contribution in [0.25, 0.3) is 0 Å². The third kappa shape index (κ3) is 5.19. The van der Waals surface area contributed by atoms with Crippen LogP contribution in [0.4, 0.5) is 0 Å². The van der Waals surface area contributed by atoms with Crippen LogP contribution in [0.3, 0.4) is 0 Å². The van der Waals surface area contributed by atoms with Gasteiger partial charge in [-0.3, -0.25) is 19.3 Å². The average molecular weight is 517 g/mol. The number of amides is 2.